The number of benzene rings is 1. The third-order valence-corrected chi connectivity index (χ3v) is 3.29. The fourth-order valence-electron chi connectivity index (χ4n) is 2.44. The lowest BCUT2D eigenvalue weighted by Crippen LogP contribution is -2.30. The minimum Gasteiger partial charge on any atom is -0.396 e. The first-order valence-electron chi connectivity index (χ1n) is 6.35. The van der Waals surface area contributed by atoms with E-state index < -0.39 is 0 Å². The van der Waals surface area contributed by atoms with Crippen LogP contribution in [0.5, 0.6) is 0 Å². The number of fused-ring (bicyclic) bond motifs is 1. The number of aliphatic hydroxyl groups is 1. The lowest BCUT2D eigenvalue weighted by atomic mass is 10.0. The highest BCUT2D eigenvalue weighted by Gasteiger charge is 2.14. The molecule has 1 N–H and O–H groups in total. The third kappa shape index (κ3) is 2.76. The zero-order valence-corrected chi connectivity index (χ0v) is 9.86. The molecule has 0 saturated carbocycles. The smallest absolute Gasteiger partial charge is 0.0431 e. The van der Waals surface area contributed by atoms with Gasteiger partial charge < -0.3 is 10.0 Å². The Morgan fingerprint density at radius 2 is 2.00 bits per heavy atom. The standard InChI is InChI=1S/C14H21NO/c16-12-5-1-4-10-15-11-6-8-13-7-2-3-9-14(13)15/h2-3,7,9,16H,1,4-6,8,10-12H2. The second-order valence-corrected chi connectivity index (χ2v) is 4.50. The molecule has 0 fully saturated rings. The van der Waals surface area contributed by atoms with Gasteiger partial charge >= 0.3 is 0 Å². The van der Waals surface area contributed by atoms with Crippen LogP contribution in [0.15, 0.2) is 24.3 Å². The molecule has 0 amide bonds. The summed E-state index contributed by atoms with van der Waals surface area (Å²) in [5, 5.41) is 8.75. The Morgan fingerprint density at radius 1 is 1.12 bits per heavy atom. The zero-order valence-electron chi connectivity index (χ0n) is 9.86. The van der Waals surface area contributed by atoms with E-state index in [4.69, 9.17) is 5.11 Å². The van der Waals surface area contributed by atoms with E-state index in [2.05, 4.69) is 29.2 Å². The summed E-state index contributed by atoms with van der Waals surface area (Å²) in [6, 6.07) is 8.74. The van der Waals surface area contributed by atoms with Gasteiger partial charge in [-0.3, -0.25) is 0 Å². The van der Waals surface area contributed by atoms with Gasteiger partial charge in [0.2, 0.25) is 0 Å². The van der Waals surface area contributed by atoms with Gasteiger partial charge in [0.1, 0.15) is 0 Å². The van der Waals surface area contributed by atoms with Crippen molar-refractivity contribution >= 4 is 5.69 Å². The molecule has 1 heterocycles. The molecule has 1 aliphatic heterocycles. The number of rotatable bonds is 5. The Balaban J connectivity index is 1.91. The van der Waals surface area contributed by atoms with Gasteiger partial charge in [-0.1, -0.05) is 18.2 Å². The molecule has 0 radical (unpaired) electrons. The highest BCUT2D eigenvalue weighted by molar-refractivity contribution is 5.55. The Hall–Kier alpha value is -1.02. The largest absolute Gasteiger partial charge is 0.396 e. The number of aliphatic hydroxyl groups excluding tert-OH is 1. The van der Waals surface area contributed by atoms with Gasteiger partial charge in [-0.15, -0.1) is 0 Å². The number of unbranched alkanes of at least 4 members (excludes halogenated alkanes) is 2. The van der Waals surface area contributed by atoms with E-state index in [0.29, 0.717) is 6.61 Å². The van der Waals surface area contributed by atoms with E-state index >= 15 is 0 Å². The fraction of sp³-hybridized carbons (Fsp3) is 0.571. The molecule has 0 bridgehead atoms. The van der Waals surface area contributed by atoms with Crippen LogP contribution in [0, 0.1) is 0 Å². The molecule has 1 aromatic carbocycles. The number of aryl methyl sites for hydroxylation is 1. The molecule has 2 heteroatoms. The summed E-state index contributed by atoms with van der Waals surface area (Å²) >= 11 is 0. The first kappa shape index (κ1) is 11.5. The fourth-order valence-corrected chi connectivity index (χ4v) is 2.44. The molecule has 0 unspecified atom stereocenters. The molecular formula is C14H21NO. The van der Waals surface area contributed by atoms with Crippen molar-refractivity contribution in [2.75, 3.05) is 24.6 Å². The average molecular weight is 219 g/mol. The van der Waals surface area contributed by atoms with E-state index in [-0.39, 0.29) is 0 Å². The molecule has 0 saturated heterocycles. The summed E-state index contributed by atoms with van der Waals surface area (Å²) in [6.45, 7) is 2.66. The van der Waals surface area contributed by atoms with Gasteiger partial charge in [-0.25, -0.2) is 0 Å². The van der Waals surface area contributed by atoms with Crippen LogP contribution in [-0.2, 0) is 6.42 Å². The van der Waals surface area contributed by atoms with Gasteiger partial charge in [0.05, 0.1) is 0 Å². The number of hydrogen-bond acceptors (Lipinski definition) is 2. The van der Waals surface area contributed by atoms with Gasteiger partial charge in [0.15, 0.2) is 0 Å². The molecule has 16 heavy (non-hydrogen) atoms. The molecule has 1 aliphatic rings. The molecule has 0 aromatic heterocycles. The molecule has 0 aliphatic carbocycles. The first-order valence-corrected chi connectivity index (χ1v) is 6.35. The van der Waals surface area contributed by atoms with Crippen LogP contribution in [0.25, 0.3) is 0 Å². The zero-order chi connectivity index (χ0) is 11.2. The van der Waals surface area contributed by atoms with Crippen molar-refractivity contribution in [3.63, 3.8) is 0 Å². The second kappa shape index (κ2) is 5.90. The van der Waals surface area contributed by atoms with Gasteiger partial charge in [0.25, 0.3) is 0 Å². The first-order chi connectivity index (χ1) is 7.92. The summed E-state index contributed by atoms with van der Waals surface area (Å²) in [4.78, 5) is 2.50. The lowest BCUT2D eigenvalue weighted by Gasteiger charge is -2.31. The van der Waals surface area contributed by atoms with E-state index in [1.54, 1.807) is 0 Å². The Kier molecular flexibility index (Phi) is 4.23. The van der Waals surface area contributed by atoms with Crippen LogP contribution < -0.4 is 4.90 Å². The van der Waals surface area contributed by atoms with Crippen molar-refractivity contribution in [3.8, 4) is 0 Å². The molecular weight excluding hydrogens is 198 g/mol. The van der Waals surface area contributed by atoms with Crippen molar-refractivity contribution < 1.29 is 5.11 Å². The maximum absolute atomic E-state index is 8.75. The van der Waals surface area contributed by atoms with Crippen molar-refractivity contribution in [2.45, 2.75) is 32.1 Å². The van der Waals surface area contributed by atoms with Crippen LogP contribution >= 0.6 is 0 Å². The van der Waals surface area contributed by atoms with Gasteiger partial charge in [-0.05, 0) is 43.7 Å². The van der Waals surface area contributed by atoms with Crippen LogP contribution in [0.4, 0.5) is 5.69 Å². The Morgan fingerprint density at radius 3 is 2.88 bits per heavy atom. The van der Waals surface area contributed by atoms with Crippen molar-refractivity contribution in [3.05, 3.63) is 29.8 Å². The van der Waals surface area contributed by atoms with E-state index in [1.165, 1.54) is 37.1 Å². The highest BCUT2D eigenvalue weighted by Crippen LogP contribution is 2.26. The summed E-state index contributed by atoms with van der Waals surface area (Å²) in [7, 11) is 0. The van der Waals surface area contributed by atoms with Crippen LogP contribution in [0.1, 0.15) is 31.2 Å². The predicted octanol–water partition coefficient (Wildman–Crippen LogP) is 2.60. The van der Waals surface area contributed by atoms with Gasteiger partial charge in [0, 0.05) is 25.4 Å². The maximum Gasteiger partial charge on any atom is 0.0431 e. The van der Waals surface area contributed by atoms with Crippen molar-refractivity contribution in [1.29, 1.82) is 0 Å². The second-order valence-electron chi connectivity index (χ2n) is 4.50. The number of anilines is 1. The monoisotopic (exact) mass is 219 g/mol. The minimum absolute atomic E-state index is 0.330. The average Bonchev–Trinajstić information content (AvgIpc) is 2.35. The topological polar surface area (TPSA) is 23.5 Å². The van der Waals surface area contributed by atoms with Crippen LogP contribution in [-0.4, -0.2) is 24.8 Å². The molecule has 88 valence electrons. The molecule has 0 spiro atoms. The Labute approximate surface area is 97.9 Å². The predicted molar refractivity (Wildman–Crippen MR) is 67.9 cm³/mol. The third-order valence-electron chi connectivity index (χ3n) is 3.29. The molecule has 2 rings (SSSR count). The molecule has 2 nitrogen and oxygen atoms in total. The van der Waals surface area contributed by atoms with Gasteiger partial charge in [-0.2, -0.15) is 0 Å². The van der Waals surface area contributed by atoms with Crippen molar-refractivity contribution in [1.82, 2.24) is 0 Å². The minimum atomic E-state index is 0.330. The Bertz CT molecular complexity index is 324. The summed E-state index contributed by atoms with van der Waals surface area (Å²) < 4.78 is 0. The molecule has 1 aromatic rings. The van der Waals surface area contributed by atoms with E-state index in [0.717, 1.165) is 19.4 Å². The van der Waals surface area contributed by atoms with Crippen LogP contribution in [0.2, 0.25) is 0 Å². The maximum atomic E-state index is 8.75. The SMILES string of the molecule is OCCCCCN1CCCc2ccccc21. The summed E-state index contributed by atoms with van der Waals surface area (Å²) in [5.74, 6) is 0. The van der Waals surface area contributed by atoms with E-state index in [9.17, 15) is 0 Å². The molecule has 0 atom stereocenters. The number of hydrogen-bond donors (Lipinski definition) is 1. The lowest BCUT2D eigenvalue weighted by molar-refractivity contribution is 0.283. The van der Waals surface area contributed by atoms with Crippen LogP contribution in [0.3, 0.4) is 0 Å². The quantitative estimate of drug-likeness (QED) is 0.769. The number of para-hydroxylation sites is 1. The summed E-state index contributed by atoms with van der Waals surface area (Å²) in [6.07, 6.45) is 5.76. The van der Waals surface area contributed by atoms with E-state index in [1.807, 2.05) is 0 Å². The number of nitrogens with zero attached hydrogens (tertiary/aromatic N) is 1. The normalized spacial score (nSPS) is 14.9. The summed E-state index contributed by atoms with van der Waals surface area (Å²) in [5.41, 5.74) is 2.92. The highest BCUT2D eigenvalue weighted by atomic mass is 16.2. The van der Waals surface area contributed by atoms with Crippen molar-refractivity contribution in [2.24, 2.45) is 0 Å².